The molecule has 0 aromatic carbocycles. The van der Waals surface area contributed by atoms with E-state index in [1.807, 2.05) is 26.1 Å². The molecule has 0 saturated carbocycles. The van der Waals surface area contributed by atoms with Crippen LogP contribution in [0, 0.1) is 6.92 Å². The summed E-state index contributed by atoms with van der Waals surface area (Å²) >= 11 is 0. The van der Waals surface area contributed by atoms with Crippen molar-refractivity contribution in [1.29, 1.82) is 0 Å². The van der Waals surface area contributed by atoms with E-state index in [1.165, 1.54) is 0 Å². The van der Waals surface area contributed by atoms with E-state index in [1.54, 1.807) is 0 Å². The molecule has 0 bridgehead atoms. The summed E-state index contributed by atoms with van der Waals surface area (Å²) in [4.78, 5) is 6.49. The summed E-state index contributed by atoms with van der Waals surface area (Å²) in [6.45, 7) is 2.85. The molecule has 1 aliphatic rings. The fraction of sp³-hybridized carbons (Fsp3) is 0.500. The fourth-order valence-corrected chi connectivity index (χ4v) is 1.71. The first-order valence-electron chi connectivity index (χ1n) is 4.55. The molecular weight excluding hydrogens is 164 g/mol. The van der Waals surface area contributed by atoms with Gasteiger partial charge < -0.3 is 10.0 Å². The number of pyridine rings is 1. The smallest absolute Gasteiger partial charge is 0.0997 e. The highest BCUT2D eigenvalue weighted by Crippen LogP contribution is 2.30. The van der Waals surface area contributed by atoms with Crippen LogP contribution in [-0.4, -0.2) is 23.7 Å². The molecule has 1 unspecified atom stereocenters. The Kier molecular flexibility index (Phi) is 1.96. The molecule has 3 nitrogen and oxygen atoms in total. The first-order chi connectivity index (χ1) is 6.18. The average molecular weight is 178 g/mol. The van der Waals surface area contributed by atoms with Crippen LogP contribution in [0.15, 0.2) is 12.1 Å². The molecule has 13 heavy (non-hydrogen) atoms. The molecule has 1 aromatic heterocycles. The Morgan fingerprint density at radius 1 is 1.54 bits per heavy atom. The SMILES string of the molecule is Cc1ccc2c(n1)C(O)CCN2C. The minimum atomic E-state index is -0.383. The van der Waals surface area contributed by atoms with Gasteiger partial charge in [0.2, 0.25) is 0 Å². The Balaban J connectivity index is 2.50. The molecule has 1 aliphatic heterocycles. The van der Waals surface area contributed by atoms with Crippen molar-refractivity contribution >= 4 is 5.69 Å². The third kappa shape index (κ3) is 1.40. The summed E-state index contributed by atoms with van der Waals surface area (Å²) in [6, 6.07) is 4.01. The van der Waals surface area contributed by atoms with E-state index in [9.17, 15) is 5.11 Å². The van der Waals surface area contributed by atoms with Crippen LogP contribution in [-0.2, 0) is 0 Å². The molecule has 1 atom stereocenters. The summed E-state index contributed by atoms with van der Waals surface area (Å²) in [6.07, 6.45) is 0.394. The number of fused-ring (bicyclic) bond motifs is 1. The fourth-order valence-electron chi connectivity index (χ4n) is 1.71. The number of aliphatic hydroxyl groups is 1. The summed E-state index contributed by atoms with van der Waals surface area (Å²) in [7, 11) is 2.03. The number of aromatic nitrogens is 1. The molecule has 2 rings (SSSR count). The number of rotatable bonds is 0. The van der Waals surface area contributed by atoms with Gasteiger partial charge >= 0.3 is 0 Å². The largest absolute Gasteiger partial charge is 0.387 e. The van der Waals surface area contributed by atoms with Crippen molar-refractivity contribution in [1.82, 2.24) is 4.98 Å². The Labute approximate surface area is 78.0 Å². The number of hydrogen-bond donors (Lipinski definition) is 1. The Bertz CT molecular complexity index is 325. The van der Waals surface area contributed by atoms with E-state index in [0.29, 0.717) is 0 Å². The lowest BCUT2D eigenvalue weighted by Crippen LogP contribution is -2.28. The van der Waals surface area contributed by atoms with Crippen LogP contribution in [0.3, 0.4) is 0 Å². The molecule has 0 fully saturated rings. The van der Waals surface area contributed by atoms with Crippen molar-refractivity contribution in [2.24, 2.45) is 0 Å². The van der Waals surface area contributed by atoms with E-state index >= 15 is 0 Å². The van der Waals surface area contributed by atoms with Crippen LogP contribution in [0.4, 0.5) is 5.69 Å². The average Bonchev–Trinajstić information content (AvgIpc) is 2.12. The second-order valence-electron chi connectivity index (χ2n) is 3.58. The van der Waals surface area contributed by atoms with Gasteiger partial charge in [0.15, 0.2) is 0 Å². The molecule has 0 aliphatic carbocycles. The van der Waals surface area contributed by atoms with Gasteiger partial charge in [0.25, 0.3) is 0 Å². The Morgan fingerprint density at radius 3 is 3.08 bits per heavy atom. The lowest BCUT2D eigenvalue weighted by atomic mass is 10.0. The first-order valence-corrected chi connectivity index (χ1v) is 4.55. The highest BCUT2D eigenvalue weighted by molar-refractivity contribution is 5.53. The minimum Gasteiger partial charge on any atom is -0.387 e. The number of anilines is 1. The maximum absolute atomic E-state index is 9.71. The van der Waals surface area contributed by atoms with Gasteiger partial charge in [0.1, 0.15) is 0 Å². The predicted molar refractivity (Wildman–Crippen MR) is 51.8 cm³/mol. The van der Waals surface area contributed by atoms with Gasteiger partial charge in [0, 0.05) is 19.3 Å². The Morgan fingerprint density at radius 2 is 2.31 bits per heavy atom. The van der Waals surface area contributed by atoms with Gasteiger partial charge in [-0.25, -0.2) is 0 Å². The van der Waals surface area contributed by atoms with Crippen molar-refractivity contribution < 1.29 is 5.11 Å². The topological polar surface area (TPSA) is 36.4 Å². The van der Waals surface area contributed by atoms with Gasteiger partial charge in [-0.1, -0.05) is 0 Å². The van der Waals surface area contributed by atoms with Crippen LogP contribution in [0.25, 0.3) is 0 Å². The number of aryl methyl sites for hydroxylation is 1. The van der Waals surface area contributed by atoms with Crippen molar-refractivity contribution in [2.75, 3.05) is 18.5 Å². The van der Waals surface area contributed by atoms with Gasteiger partial charge in [-0.3, -0.25) is 4.98 Å². The highest BCUT2D eigenvalue weighted by Gasteiger charge is 2.22. The van der Waals surface area contributed by atoms with Crippen LogP contribution >= 0.6 is 0 Å². The molecule has 2 heterocycles. The molecule has 70 valence electrons. The second-order valence-corrected chi connectivity index (χ2v) is 3.58. The van der Waals surface area contributed by atoms with Gasteiger partial charge in [-0.15, -0.1) is 0 Å². The first kappa shape index (κ1) is 8.51. The molecule has 1 aromatic rings. The van der Waals surface area contributed by atoms with E-state index < -0.39 is 0 Å². The Hall–Kier alpha value is -1.09. The molecule has 0 saturated heterocycles. The number of nitrogens with zero attached hydrogens (tertiary/aromatic N) is 2. The number of hydrogen-bond acceptors (Lipinski definition) is 3. The van der Waals surface area contributed by atoms with Crippen molar-refractivity contribution in [3.63, 3.8) is 0 Å². The maximum atomic E-state index is 9.71. The zero-order valence-electron chi connectivity index (χ0n) is 7.99. The normalized spacial score (nSPS) is 21.5. The quantitative estimate of drug-likeness (QED) is 0.649. The van der Waals surface area contributed by atoms with Gasteiger partial charge in [-0.2, -0.15) is 0 Å². The van der Waals surface area contributed by atoms with Crippen molar-refractivity contribution in [3.05, 3.63) is 23.5 Å². The molecule has 0 amide bonds. The van der Waals surface area contributed by atoms with E-state index in [4.69, 9.17) is 0 Å². The van der Waals surface area contributed by atoms with Crippen molar-refractivity contribution in [2.45, 2.75) is 19.4 Å². The number of aliphatic hydroxyl groups excluding tert-OH is 1. The zero-order valence-corrected chi connectivity index (χ0v) is 7.99. The lowest BCUT2D eigenvalue weighted by molar-refractivity contribution is 0.160. The summed E-state index contributed by atoms with van der Waals surface area (Å²) in [5.74, 6) is 0. The maximum Gasteiger partial charge on any atom is 0.0997 e. The molecular formula is C10H14N2O. The predicted octanol–water partition coefficient (Wildman–Crippen LogP) is 1.26. The zero-order chi connectivity index (χ0) is 9.42. The second kappa shape index (κ2) is 3.00. The molecule has 0 radical (unpaired) electrons. The van der Waals surface area contributed by atoms with Gasteiger partial charge in [0.05, 0.1) is 17.5 Å². The summed E-state index contributed by atoms with van der Waals surface area (Å²) < 4.78 is 0. The lowest BCUT2D eigenvalue weighted by Gasteiger charge is -2.29. The van der Waals surface area contributed by atoms with Crippen LogP contribution in [0.2, 0.25) is 0 Å². The van der Waals surface area contributed by atoms with Crippen LogP contribution in [0.5, 0.6) is 0 Å². The highest BCUT2D eigenvalue weighted by atomic mass is 16.3. The monoisotopic (exact) mass is 178 g/mol. The molecule has 0 spiro atoms. The van der Waals surface area contributed by atoms with E-state index in [2.05, 4.69) is 9.88 Å². The third-order valence-electron chi connectivity index (χ3n) is 2.51. The molecule has 1 N–H and O–H groups in total. The standard InChI is InChI=1S/C10H14N2O/c1-7-3-4-8-10(11-7)9(13)5-6-12(8)2/h3-4,9,13H,5-6H2,1-2H3. The summed E-state index contributed by atoms with van der Waals surface area (Å²) in [5, 5.41) is 9.71. The van der Waals surface area contributed by atoms with E-state index in [-0.39, 0.29) is 6.10 Å². The summed E-state index contributed by atoms with van der Waals surface area (Å²) in [5.41, 5.74) is 2.85. The molecule has 3 heteroatoms. The third-order valence-corrected chi connectivity index (χ3v) is 2.51. The van der Waals surface area contributed by atoms with Gasteiger partial charge in [-0.05, 0) is 25.5 Å². The minimum absolute atomic E-state index is 0.383. The van der Waals surface area contributed by atoms with Crippen molar-refractivity contribution in [3.8, 4) is 0 Å². The van der Waals surface area contributed by atoms with Crippen LogP contribution < -0.4 is 4.90 Å². The van der Waals surface area contributed by atoms with E-state index in [0.717, 1.165) is 30.0 Å². The van der Waals surface area contributed by atoms with Crippen LogP contribution in [0.1, 0.15) is 23.9 Å².